The zero-order chi connectivity index (χ0) is 19.9. The highest BCUT2D eigenvalue weighted by molar-refractivity contribution is 8.00. The van der Waals surface area contributed by atoms with Crippen molar-refractivity contribution >= 4 is 17.5 Å². The largest absolute Gasteiger partial charge is 0.378 e. The Bertz CT molecular complexity index is 585. The summed E-state index contributed by atoms with van der Waals surface area (Å²) in [5, 5.41) is 1.26. The molecular formula is C25H40O2S. The summed E-state index contributed by atoms with van der Waals surface area (Å²) in [6.07, 6.45) is 13.1. The van der Waals surface area contributed by atoms with E-state index in [2.05, 4.69) is 39.1 Å². The lowest BCUT2D eigenvalue weighted by atomic mass is 9.70. The molecule has 0 aliphatic heterocycles. The van der Waals surface area contributed by atoms with Crippen LogP contribution >= 0.6 is 11.8 Å². The van der Waals surface area contributed by atoms with Crippen LogP contribution in [0.5, 0.6) is 0 Å². The Morgan fingerprint density at radius 1 is 1.18 bits per heavy atom. The molecule has 158 valence electrons. The van der Waals surface area contributed by atoms with E-state index in [0.29, 0.717) is 23.6 Å². The number of carbonyl (C=O) groups excluding carboxylic acids is 1. The van der Waals surface area contributed by atoms with E-state index in [-0.39, 0.29) is 11.3 Å². The third-order valence-electron chi connectivity index (χ3n) is 8.56. The molecule has 0 amide bonds. The fraction of sp³-hybridized carbons (Fsp3) is 0.880. The number of Topliss-reactive ketones (excluding diaryl/α,β-unsaturated/α-hetero) is 1. The van der Waals surface area contributed by atoms with Gasteiger partial charge >= 0.3 is 0 Å². The van der Waals surface area contributed by atoms with Gasteiger partial charge in [0, 0.05) is 29.4 Å². The minimum Gasteiger partial charge on any atom is -0.378 e. The standard InChI is InChI=1S/C25H40O2S/c1-5-7-10-22(26)18-9-8-11-25(3,4)24(18)28-17-14-19-16-12-21(20(19)15-17)23(13-16)27-6-2/h5,16-21,23-24H,1,6-15H2,2-4H3. The number of hydrogen-bond acceptors (Lipinski definition) is 3. The van der Waals surface area contributed by atoms with Crippen LogP contribution < -0.4 is 0 Å². The molecule has 0 aromatic rings. The van der Waals surface area contributed by atoms with Crippen molar-refractivity contribution in [1.29, 1.82) is 0 Å². The molecule has 8 atom stereocenters. The van der Waals surface area contributed by atoms with Gasteiger partial charge in [-0.2, -0.15) is 11.8 Å². The van der Waals surface area contributed by atoms with Crippen molar-refractivity contribution in [3.05, 3.63) is 12.7 Å². The van der Waals surface area contributed by atoms with E-state index < -0.39 is 0 Å². The lowest BCUT2D eigenvalue weighted by Crippen LogP contribution is -2.42. The molecule has 4 aliphatic rings. The predicted octanol–water partition coefficient (Wildman–Crippen LogP) is 6.29. The number of fused-ring (bicyclic) bond motifs is 5. The molecule has 0 N–H and O–H groups in total. The van der Waals surface area contributed by atoms with Crippen LogP contribution in [0.4, 0.5) is 0 Å². The normalized spacial score (nSPS) is 43.8. The summed E-state index contributed by atoms with van der Waals surface area (Å²) < 4.78 is 6.09. The molecule has 0 aromatic carbocycles. The molecule has 4 fully saturated rings. The lowest BCUT2D eigenvalue weighted by molar-refractivity contribution is -0.124. The summed E-state index contributed by atoms with van der Waals surface area (Å²) >= 11 is 2.22. The summed E-state index contributed by atoms with van der Waals surface area (Å²) in [6, 6.07) is 0. The first-order chi connectivity index (χ1) is 13.4. The predicted molar refractivity (Wildman–Crippen MR) is 119 cm³/mol. The molecule has 3 heteroatoms. The summed E-state index contributed by atoms with van der Waals surface area (Å²) in [5.74, 6) is 4.35. The van der Waals surface area contributed by atoms with Gasteiger partial charge < -0.3 is 4.74 Å². The monoisotopic (exact) mass is 404 g/mol. The Balaban J connectivity index is 1.42. The quantitative estimate of drug-likeness (QED) is 0.445. The number of ether oxygens (including phenoxy) is 1. The molecule has 0 radical (unpaired) electrons. The average molecular weight is 405 g/mol. The topological polar surface area (TPSA) is 26.3 Å². The number of ketones is 1. The van der Waals surface area contributed by atoms with Crippen LogP contribution in [0.1, 0.15) is 78.6 Å². The molecule has 2 bridgehead atoms. The fourth-order valence-corrected chi connectivity index (χ4v) is 9.38. The molecule has 28 heavy (non-hydrogen) atoms. The van der Waals surface area contributed by atoms with Crippen LogP contribution in [0.2, 0.25) is 0 Å². The minimum atomic E-state index is 0.266. The van der Waals surface area contributed by atoms with Crippen molar-refractivity contribution in [2.75, 3.05) is 6.61 Å². The summed E-state index contributed by atoms with van der Waals surface area (Å²) in [6.45, 7) is 11.7. The minimum absolute atomic E-state index is 0.266. The van der Waals surface area contributed by atoms with Crippen molar-refractivity contribution in [1.82, 2.24) is 0 Å². The van der Waals surface area contributed by atoms with Crippen molar-refractivity contribution in [3.63, 3.8) is 0 Å². The first kappa shape index (κ1) is 21.0. The van der Waals surface area contributed by atoms with E-state index in [1.54, 1.807) is 0 Å². The molecular weight excluding hydrogens is 364 g/mol. The van der Waals surface area contributed by atoms with E-state index in [9.17, 15) is 4.79 Å². The second-order valence-electron chi connectivity index (χ2n) is 10.6. The van der Waals surface area contributed by atoms with Crippen LogP contribution in [0.25, 0.3) is 0 Å². The molecule has 8 unspecified atom stereocenters. The number of carbonyl (C=O) groups is 1. The van der Waals surface area contributed by atoms with E-state index in [1.165, 1.54) is 38.5 Å². The Hall–Kier alpha value is -0.280. The van der Waals surface area contributed by atoms with Crippen molar-refractivity contribution in [2.24, 2.45) is 35.0 Å². The summed E-state index contributed by atoms with van der Waals surface area (Å²) in [7, 11) is 0. The first-order valence-electron chi connectivity index (χ1n) is 11.8. The maximum atomic E-state index is 13.0. The van der Waals surface area contributed by atoms with E-state index >= 15 is 0 Å². The number of allylic oxidation sites excluding steroid dienone is 1. The lowest BCUT2D eigenvalue weighted by Gasteiger charge is -2.44. The molecule has 2 nitrogen and oxygen atoms in total. The number of rotatable bonds is 8. The molecule has 4 aliphatic carbocycles. The van der Waals surface area contributed by atoms with Crippen LogP contribution in [0.15, 0.2) is 12.7 Å². The Kier molecular flexibility index (Phi) is 6.33. The molecule has 4 rings (SSSR count). The third kappa shape index (κ3) is 3.87. The second-order valence-corrected chi connectivity index (χ2v) is 12.1. The van der Waals surface area contributed by atoms with E-state index in [4.69, 9.17) is 4.74 Å². The van der Waals surface area contributed by atoms with Gasteiger partial charge in [0.25, 0.3) is 0 Å². The van der Waals surface area contributed by atoms with Gasteiger partial charge in [-0.15, -0.1) is 6.58 Å². The third-order valence-corrected chi connectivity index (χ3v) is 10.6. The van der Waals surface area contributed by atoms with Crippen molar-refractivity contribution in [2.45, 2.75) is 95.2 Å². The van der Waals surface area contributed by atoms with Gasteiger partial charge in [-0.25, -0.2) is 0 Å². The second kappa shape index (κ2) is 8.46. The molecule has 0 aromatic heterocycles. The fourth-order valence-electron chi connectivity index (χ4n) is 7.34. The van der Waals surface area contributed by atoms with Gasteiger partial charge in [0.05, 0.1) is 6.10 Å². The highest BCUT2D eigenvalue weighted by atomic mass is 32.2. The van der Waals surface area contributed by atoms with Gasteiger partial charge in [0.2, 0.25) is 0 Å². The van der Waals surface area contributed by atoms with Gasteiger partial charge in [-0.1, -0.05) is 26.3 Å². The Labute approximate surface area is 176 Å². The Morgan fingerprint density at radius 3 is 2.71 bits per heavy atom. The maximum absolute atomic E-state index is 13.0. The first-order valence-corrected chi connectivity index (χ1v) is 12.8. The molecule has 0 spiro atoms. The number of thioether (sulfide) groups is 1. The van der Waals surface area contributed by atoms with Crippen LogP contribution in [0, 0.1) is 35.0 Å². The van der Waals surface area contributed by atoms with Gasteiger partial charge in [-0.3, -0.25) is 4.79 Å². The summed E-state index contributed by atoms with van der Waals surface area (Å²) in [4.78, 5) is 13.0. The zero-order valence-corrected chi connectivity index (χ0v) is 19.0. The molecule has 4 saturated carbocycles. The van der Waals surface area contributed by atoms with E-state index in [0.717, 1.165) is 48.4 Å². The van der Waals surface area contributed by atoms with Crippen molar-refractivity contribution < 1.29 is 9.53 Å². The van der Waals surface area contributed by atoms with Crippen LogP contribution in [0.3, 0.4) is 0 Å². The van der Waals surface area contributed by atoms with Crippen LogP contribution in [-0.2, 0) is 9.53 Å². The van der Waals surface area contributed by atoms with Crippen LogP contribution in [-0.4, -0.2) is 29.0 Å². The maximum Gasteiger partial charge on any atom is 0.137 e. The summed E-state index contributed by atoms with van der Waals surface area (Å²) in [5.41, 5.74) is 0.280. The molecule has 0 heterocycles. The highest BCUT2D eigenvalue weighted by Crippen LogP contribution is 2.62. The van der Waals surface area contributed by atoms with E-state index in [1.807, 2.05) is 6.08 Å². The SMILES string of the molecule is C=CCCC(=O)C1CCCC(C)(C)C1SC1CC2C3CC(OCC)C(C3)C2C1. The van der Waals surface area contributed by atoms with Gasteiger partial charge in [-0.05, 0) is 81.0 Å². The van der Waals surface area contributed by atoms with Crippen molar-refractivity contribution in [3.8, 4) is 0 Å². The number of hydrogen-bond donors (Lipinski definition) is 0. The average Bonchev–Trinajstić information content (AvgIpc) is 3.33. The molecule has 0 saturated heterocycles. The highest BCUT2D eigenvalue weighted by Gasteiger charge is 2.57. The van der Waals surface area contributed by atoms with Gasteiger partial charge in [0.15, 0.2) is 0 Å². The zero-order valence-electron chi connectivity index (χ0n) is 18.2. The smallest absolute Gasteiger partial charge is 0.137 e. The Morgan fingerprint density at radius 2 is 1.96 bits per heavy atom. The van der Waals surface area contributed by atoms with Gasteiger partial charge in [0.1, 0.15) is 5.78 Å².